The molecule has 2 aromatic carbocycles. The van der Waals surface area contributed by atoms with Gasteiger partial charge in [0.2, 0.25) is 11.8 Å². The topological polar surface area (TPSA) is 49.4 Å². The standard InChI is InChI=1S/C19H19BrN2O2/c1-13(14-5-3-2-4-6-14)21-19(24)15-11-18(23)22(12-15)17-9-7-16(20)8-10-17/h2-10,13,15H,11-12H2,1H3,(H,21,24)/t13-,15+/m1/s1. The maximum absolute atomic E-state index is 12.5. The van der Waals surface area contributed by atoms with E-state index >= 15 is 0 Å². The Balaban J connectivity index is 1.64. The Morgan fingerprint density at radius 2 is 1.83 bits per heavy atom. The van der Waals surface area contributed by atoms with Crippen molar-refractivity contribution in [1.29, 1.82) is 0 Å². The number of halogens is 1. The molecule has 3 rings (SSSR count). The molecule has 0 bridgehead atoms. The summed E-state index contributed by atoms with van der Waals surface area (Å²) in [7, 11) is 0. The number of carbonyl (C=O) groups excluding carboxylic acids is 2. The van der Waals surface area contributed by atoms with Crippen LogP contribution in [-0.4, -0.2) is 18.4 Å². The summed E-state index contributed by atoms with van der Waals surface area (Å²) in [6.45, 7) is 2.38. The maximum atomic E-state index is 12.5. The van der Waals surface area contributed by atoms with Crippen LogP contribution in [0.4, 0.5) is 5.69 Å². The molecular weight excluding hydrogens is 368 g/mol. The SMILES string of the molecule is C[C@@H](NC(=O)[C@H]1CC(=O)N(c2ccc(Br)cc2)C1)c1ccccc1. The van der Waals surface area contributed by atoms with Crippen LogP contribution in [0.15, 0.2) is 59.1 Å². The minimum Gasteiger partial charge on any atom is -0.349 e. The van der Waals surface area contributed by atoms with E-state index in [9.17, 15) is 9.59 Å². The summed E-state index contributed by atoms with van der Waals surface area (Å²) in [5, 5.41) is 3.01. The van der Waals surface area contributed by atoms with Crippen LogP contribution in [0.5, 0.6) is 0 Å². The monoisotopic (exact) mass is 386 g/mol. The number of carbonyl (C=O) groups is 2. The maximum Gasteiger partial charge on any atom is 0.227 e. The van der Waals surface area contributed by atoms with Crippen molar-refractivity contribution in [2.45, 2.75) is 19.4 Å². The van der Waals surface area contributed by atoms with Gasteiger partial charge in [-0.15, -0.1) is 0 Å². The van der Waals surface area contributed by atoms with Gasteiger partial charge >= 0.3 is 0 Å². The van der Waals surface area contributed by atoms with E-state index in [-0.39, 0.29) is 30.2 Å². The van der Waals surface area contributed by atoms with Crippen molar-refractivity contribution in [3.63, 3.8) is 0 Å². The molecule has 124 valence electrons. The van der Waals surface area contributed by atoms with E-state index in [0.29, 0.717) is 6.54 Å². The highest BCUT2D eigenvalue weighted by molar-refractivity contribution is 9.10. The van der Waals surface area contributed by atoms with Gasteiger partial charge < -0.3 is 10.2 Å². The molecule has 2 amide bonds. The van der Waals surface area contributed by atoms with E-state index in [1.807, 2.05) is 61.5 Å². The number of anilines is 1. The minimum absolute atomic E-state index is 0.00941. The smallest absolute Gasteiger partial charge is 0.227 e. The Kier molecular flexibility index (Phi) is 5.00. The van der Waals surface area contributed by atoms with E-state index in [1.54, 1.807) is 4.90 Å². The van der Waals surface area contributed by atoms with Gasteiger partial charge in [0.1, 0.15) is 0 Å². The molecule has 0 aliphatic carbocycles. The van der Waals surface area contributed by atoms with E-state index in [0.717, 1.165) is 15.7 Å². The molecule has 1 saturated heterocycles. The molecule has 1 aliphatic rings. The molecule has 1 N–H and O–H groups in total. The number of hydrogen-bond donors (Lipinski definition) is 1. The highest BCUT2D eigenvalue weighted by Gasteiger charge is 2.35. The molecule has 5 heteroatoms. The lowest BCUT2D eigenvalue weighted by molar-refractivity contribution is -0.126. The van der Waals surface area contributed by atoms with Gasteiger partial charge in [0.15, 0.2) is 0 Å². The fraction of sp³-hybridized carbons (Fsp3) is 0.263. The number of nitrogens with zero attached hydrogens (tertiary/aromatic N) is 1. The third kappa shape index (κ3) is 3.67. The molecule has 2 aromatic rings. The van der Waals surface area contributed by atoms with Crippen LogP contribution in [0, 0.1) is 5.92 Å². The van der Waals surface area contributed by atoms with Crippen molar-refractivity contribution in [3.05, 3.63) is 64.6 Å². The van der Waals surface area contributed by atoms with Gasteiger partial charge in [-0.25, -0.2) is 0 Å². The van der Waals surface area contributed by atoms with Crippen LogP contribution < -0.4 is 10.2 Å². The number of benzene rings is 2. The molecule has 1 heterocycles. The highest BCUT2D eigenvalue weighted by atomic mass is 79.9. The Bertz CT molecular complexity index is 731. The lowest BCUT2D eigenvalue weighted by atomic mass is 10.1. The first-order valence-corrected chi connectivity index (χ1v) is 8.75. The Labute approximate surface area is 150 Å². The summed E-state index contributed by atoms with van der Waals surface area (Å²) in [6, 6.07) is 17.3. The molecule has 0 unspecified atom stereocenters. The van der Waals surface area contributed by atoms with E-state index < -0.39 is 0 Å². The van der Waals surface area contributed by atoms with Crippen molar-refractivity contribution in [2.75, 3.05) is 11.4 Å². The van der Waals surface area contributed by atoms with Gasteiger partial charge in [0, 0.05) is 23.1 Å². The van der Waals surface area contributed by atoms with Gasteiger partial charge in [0.05, 0.1) is 12.0 Å². The number of amides is 2. The zero-order valence-electron chi connectivity index (χ0n) is 13.4. The number of hydrogen-bond acceptors (Lipinski definition) is 2. The molecule has 0 saturated carbocycles. The highest BCUT2D eigenvalue weighted by Crippen LogP contribution is 2.27. The summed E-state index contributed by atoms with van der Waals surface area (Å²) in [4.78, 5) is 26.5. The zero-order valence-corrected chi connectivity index (χ0v) is 15.0. The fourth-order valence-electron chi connectivity index (χ4n) is 2.91. The molecule has 2 atom stereocenters. The quantitative estimate of drug-likeness (QED) is 0.870. The second kappa shape index (κ2) is 7.18. The second-order valence-electron chi connectivity index (χ2n) is 6.02. The van der Waals surface area contributed by atoms with Crippen LogP contribution in [0.2, 0.25) is 0 Å². The average Bonchev–Trinajstić information content (AvgIpc) is 2.98. The summed E-state index contributed by atoms with van der Waals surface area (Å²) in [5.41, 5.74) is 1.88. The van der Waals surface area contributed by atoms with Crippen molar-refractivity contribution < 1.29 is 9.59 Å². The summed E-state index contributed by atoms with van der Waals surface area (Å²) in [5.74, 6) is -0.392. The molecule has 24 heavy (non-hydrogen) atoms. The van der Waals surface area contributed by atoms with Gasteiger partial charge in [-0.2, -0.15) is 0 Å². The molecule has 1 fully saturated rings. The summed E-state index contributed by atoms with van der Waals surface area (Å²) >= 11 is 3.39. The van der Waals surface area contributed by atoms with Crippen LogP contribution in [0.1, 0.15) is 24.9 Å². The normalized spacial score (nSPS) is 18.5. The minimum atomic E-state index is -0.313. The lowest BCUT2D eigenvalue weighted by Gasteiger charge is -2.19. The molecule has 0 aromatic heterocycles. The first kappa shape index (κ1) is 16.7. The third-order valence-electron chi connectivity index (χ3n) is 4.29. The molecule has 0 radical (unpaired) electrons. The molecule has 4 nitrogen and oxygen atoms in total. The predicted molar refractivity (Wildman–Crippen MR) is 97.6 cm³/mol. The van der Waals surface area contributed by atoms with Gasteiger partial charge in [0.25, 0.3) is 0 Å². The van der Waals surface area contributed by atoms with Crippen LogP contribution >= 0.6 is 15.9 Å². The Morgan fingerprint density at radius 1 is 1.17 bits per heavy atom. The van der Waals surface area contributed by atoms with Gasteiger partial charge in [-0.1, -0.05) is 46.3 Å². The average molecular weight is 387 g/mol. The number of rotatable bonds is 4. The van der Waals surface area contributed by atoms with Crippen molar-refractivity contribution in [2.24, 2.45) is 5.92 Å². The Hall–Kier alpha value is -2.14. The predicted octanol–water partition coefficient (Wildman–Crippen LogP) is 3.68. The Morgan fingerprint density at radius 3 is 2.50 bits per heavy atom. The molecule has 0 spiro atoms. The van der Waals surface area contributed by atoms with E-state index in [1.165, 1.54) is 0 Å². The van der Waals surface area contributed by atoms with Crippen LogP contribution in [-0.2, 0) is 9.59 Å². The second-order valence-corrected chi connectivity index (χ2v) is 6.94. The zero-order chi connectivity index (χ0) is 17.1. The summed E-state index contributed by atoms with van der Waals surface area (Å²) < 4.78 is 0.962. The van der Waals surface area contributed by atoms with Crippen LogP contribution in [0.3, 0.4) is 0 Å². The molecule has 1 aliphatic heterocycles. The third-order valence-corrected chi connectivity index (χ3v) is 4.82. The fourth-order valence-corrected chi connectivity index (χ4v) is 3.17. The summed E-state index contributed by atoms with van der Waals surface area (Å²) in [6.07, 6.45) is 0.253. The van der Waals surface area contributed by atoms with Crippen LogP contribution in [0.25, 0.3) is 0 Å². The first-order valence-electron chi connectivity index (χ1n) is 7.96. The van der Waals surface area contributed by atoms with Crippen molar-refractivity contribution in [3.8, 4) is 0 Å². The van der Waals surface area contributed by atoms with E-state index in [4.69, 9.17) is 0 Å². The largest absolute Gasteiger partial charge is 0.349 e. The van der Waals surface area contributed by atoms with E-state index in [2.05, 4.69) is 21.2 Å². The van der Waals surface area contributed by atoms with Gasteiger partial charge in [-0.05, 0) is 36.8 Å². The van der Waals surface area contributed by atoms with Gasteiger partial charge in [-0.3, -0.25) is 9.59 Å². The lowest BCUT2D eigenvalue weighted by Crippen LogP contribution is -2.34. The van der Waals surface area contributed by atoms with Crippen molar-refractivity contribution in [1.82, 2.24) is 5.32 Å². The number of nitrogens with one attached hydrogen (secondary N) is 1. The van der Waals surface area contributed by atoms with Crippen molar-refractivity contribution >= 4 is 33.4 Å². The first-order chi connectivity index (χ1) is 11.5. The molecular formula is C19H19BrN2O2.